The van der Waals surface area contributed by atoms with Gasteiger partial charge in [-0.2, -0.15) is 0 Å². The Morgan fingerprint density at radius 2 is 1.02 bits per heavy atom. The number of morpholine rings is 2. The molecule has 8 aromatic rings. The van der Waals surface area contributed by atoms with Crippen molar-refractivity contribution in [2.24, 2.45) is 0 Å². The number of pyridine rings is 1. The first-order valence-corrected chi connectivity index (χ1v) is 43.4. The first-order valence-electron chi connectivity index (χ1n) is 43.4. The summed E-state index contributed by atoms with van der Waals surface area (Å²) in [4.78, 5) is 124. The number of aryl methyl sites for hydroxylation is 4. The molecular weight excluding hydrogens is 1690 g/mol. The Morgan fingerprint density at radius 1 is 0.481 bits per heavy atom. The fourth-order valence-corrected chi connectivity index (χ4v) is 16.9. The highest BCUT2D eigenvalue weighted by Crippen LogP contribution is 2.50. The van der Waals surface area contributed by atoms with Crippen molar-refractivity contribution in [1.82, 2.24) is 44.2 Å². The van der Waals surface area contributed by atoms with E-state index in [0.29, 0.717) is 156 Å². The molecule has 0 radical (unpaired) electrons. The molecule has 0 bridgehead atoms. The molecule has 696 valence electrons. The summed E-state index contributed by atoms with van der Waals surface area (Å²) in [5.74, 6) is -1.47. The van der Waals surface area contributed by atoms with Crippen LogP contribution in [0.4, 0.5) is 0 Å². The Balaban J connectivity index is 0.000000158. The molecule has 4 unspecified atom stereocenters. The fraction of sp³-hybridized carbons (Fsp3) is 0.398. The van der Waals surface area contributed by atoms with Crippen LogP contribution < -0.4 is 37.9 Å². The highest BCUT2D eigenvalue weighted by molar-refractivity contribution is 6.47. The van der Waals surface area contributed by atoms with Crippen molar-refractivity contribution in [2.45, 2.75) is 78.6 Å². The number of rotatable bonds is 32. The third-order valence-electron chi connectivity index (χ3n) is 23.8. The van der Waals surface area contributed by atoms with Crippen LogP contribution in [0.25, 0.3) is 11.5 Å². The Bertz CT molecular complexity index is 5590. The number of fused-ring (bicyclic) bond motifs is 1. The molecule has 0 spiro atoms. The molecule has 131 heavy (non-hydrogen) atoms. The second kappa shape index (κ2) is 44.3. The number of nitrogens with zero attached hydrogens (tertiary/aromatic N) is 9. The smallest absolute Gasteiger partial charge is 0.295 e. The molecular formula is C98H115N9O24. The van der Waals surface area contributed by atoms with Gasteiger partial charge in [-0.1, -0.05) is 61.9 Å². The minimum Gasteiger partial charge on any atom is -0.507 e. The summed E-state index contributed by atoms with van der Waals surface area (Å²) >= 11 is 0. The van der Waals surface area contributed by atoms with E-state index in [1.165, 1.54) is 46.5 Å². The van der Waals surface area contributed by atoms with E-state index in [1.807, 2.05) is 69.2 Å². The molecule has 4 saturated heterocycles. The Morgan fingerprint density at radius 3 is 1.57 bits per heavy atom. The molecule has 10 heterocycles. The standard InChI is InChI=1S/C28H34N2O6.C24H27N3O5.C23H28N2O7.C23H26N2O6/c1-18-9-10-19(2)21(17-18)25(31)23-24(20-7-5-8-22(34-3)27(20)35-4)30(28(33)26(23)32)12-6-11-29-13-15-36-16-14-29;1-3-26(4-2)11-6-12-27-21(17-7-5-10-25-14-17)20(23(29)24(27)30)22(28)16-8-9-18-19(13-16)32-15-31-18;1-13-7-8-15(32-13)20(26)18-19(25(10-9-24(2)3)23(28)21(18)27)14-11-16(29-4)22(31-6)17(12-14)30-5;1-15-6-7-18(31-15)21(26)19-20(16-4-3-5-17(14-16)29-2)25(23(28)22(19)27)9-8-24-10-12-30-13-11-24/h5,7-10,17,24,31H,6,11-16H2,1-4H3;5,7-10,13-14,21,28H,3-4,6,11-12,15H2,1-2H3;7-8,11-12,19,27H,9-10H2,1-6H3;3-7,14,20,27H,8-13H2,1-2H3. The lowest BCUT2D eigenvalue weighted by atomic mass is 9.92. The van der Waals surface area contributed by atoms with Gasteiger partial charge in [-0.05, 0) is 181 Å². The summed E-state index contributed by atoms with van der Waals surface area (Å²) < 4.78 is 65.3. The maximum absolute atomic E-state index is 13.4. The lowest BCUT2D eigenvalue weighted by Gasteiger charge is -2.31. The average molecular weight is 1800 g/mol. The van der Waals surface area contributed by atoms with Crippen LogP contribution in [0, 0.1) is 27.7 Å². The number of furan rings is 2. The van der Waals surface area contributed by atoms with Crippen LogP contribution in [0.3, 0.4) is 0 Å². The number of hydrogen-bond acceptors (Lipinski definition) is 29. The van der Waals surface area contributed by atoms with E-state index in [2.05, 4.69) is 33.5 Å². The van der Waals surface area contributed by atoms with Gasteiger partial charge in [0.25, 0.3) is 35.2 Å². The monoisotopic (exact) mass is 1800 g/mol. The number of benzene rings is 5. The number of carbonyl (C=O) groups is 8. The summed E-state index contributed by atoms with van der Waals surface area (Å²) in [5.41, 5.74) is 5.25. The number of carbonyl (C=O) groups excluding carboxylic acids is 8. The lowest BCUT2D eigenvalue weighted by Crippen LogP contribution is -2.43. The number of methoxy groups -OCH3 is 6. The van der Waals surface area contributed by atoms with Crippen molar-refractivity contribution in [2.75, 3.05) is 182 Å². The molecule has 3 aromatic heterocycles. The van der Waals surface area contributed by atoms with Gasteiger partial charge in [0.2, 0.25) is 24.1 Å². The first-order chi connectivity index (χ1) is 63.1. The highest BCUT2D eigenvalue weighted by Gasteiger charge is 2.51. The zero-order valence-corrected chi connectivity index (χ0v) is 76.4. The van der Waals surface area contributed by atoms with Crippen LogP contribution in [0.2, 0.25) is 0 Å². The summed E-state index contributed by atoms with van der Waals surface area (Å²) in [7, 11) is 12.8. The Hall–Kier alpha value is -13.3. The first kappa shape index (κ1) is 96.8. The maximum Gasteiger partial charge on any atom is 0.295 e. The number of aliphatic hydroxyl groups is 4. The van der Waals surface area contributed by atoms with Crippen molar-refractivity contribution in [3.63, 3.8) is 0 Å². The summed E-state index contributed by atoms with van der Waals surface area (Å²) in [6.07, 6.45) is 4.66. The number of amides is 4. The number of aliphatic hydroxyl groups excluding tert-OH is 4. The minimum atomic E-state index is -0.867. The largest absolute Gasteiger partial charge is 0.507 e. The fourth-order valence-electron chi connectivity index (χ4n) is 16.9. The number of hydrogen-bond donors (Lipinski definition) is 4. The molecule has 4 fully saturated rings. The third kappa shape index (κ3) is 21.6. The van der Waals surface area contributed by atoms with Crippen molar-refractivity contribution in [3.8, 4) is 46.0 Å². The van der Waals surface area contributed by atoms with E-state index in [-0.39, 0.29) is 58.7 Å². The van der Waals surface area contributed by atoms with Gasteiger partial charge in [0.15, 0.2) is 57.5 Å². The second-order valence-corrected chi connectivity index (χ2v) is 32.2. The lowest BCUT2D eigenvalue weighted by molar-refractivity contribution is -0.140. The zero-order valence-electron chi connectivity index (χ0n) is 76.4. The van der Waals surface area contributed by atoms with Crippen molar-refractivity contribution in [3.05, 3.63) is 241 Å². The number of para-hydroxylation sites is 1. The Labute approximate surface area is 761 Å². The molecule has 4 N–H and O–H groups in total. The average Bonchev–Trinajstić information content (AvgIpc) is 1.61. The van der Waals surface area contributed by atoms with Crippen molar-refractivity contribution < 1.29 is 115 Å². The highest BCUT2D eigenvalue weighted by atomic mass is 16.7. The number of likely N-dealkylation sites (tertiary alicyclic amines) is 2. The number of ether oxygens (including phenoxy) is 10. The van der Waals surface area contributed by atoms with Crippen LogP contribution in [-0.2, 0) is 38.2 Å². The van der Waals surface area contributed by atoms with Gasteiger partial charge in [0.05, 0.1) is 116 Å². The molecule has 5 aromatic carbocycles. The number of ketones is 4. The van der Waals surface area contributed by atoms with Gasteiger partial charge in [-0.25, -0.2) is 0 Å². The second-order valence-electron chi connectivity index (χ2n) is 32.2. The Kier molecular flexibility index (Phi) is 32.7. The van der Waals surface area contributed by atoms with Crippen LogP contribution in [0.1, 0.15) is 128 Å². The molecule has 4 atom stereocenters. The van der Waals surface area contributed by atoms with Crippen LogP contribution >= 0.6 is 0 Å². The third-order valence-corrected chi connectivity index (χ3v) is 23.8. The van der Waals surface area contributed by atoms with Crippen LogP contribution in [0.15, 0.2) is 182 Å². The quantitative estimate of drug-likeness (QED) is 0.0132. The predicted octanol–water partition coefficient (Wildman–Crippen LogP) is 11.7. The summed E-state index contributed by atoms with van der Waals surface area (Å²) in [6, 6.07) is 33.4. The van der Waals surface area contributed by atoms with E-state index in [9.17, 15) is 58.8 Å². The van der Waals surface area contributed by atoms with E-state index in [1.54, 1.807) is 133 Å². The van der Waals surface area contributed by atoms with E-state index in [4.69, 9.17) is 56.2 Å². The molecule has 7 aliphatic heterocycles. The van der Waals surface area contributed by atoms with Gasteiger partial charge < -0.3 is 106 Å². The minimum absolute atomic E-state index is 0.0228. The molecule has 33 heteroatoms. The molecule has 33 nitrogen and oxygen atoms in total. The summed E-state index contributed by atoms with van der Waals surface area (Å²) in [6.45, 7) is 23.5. The van der Waals surface area contributed by atoms with Gasteiger partial charge in [-0.3, -0.25) is 53.1 Å². The predicted molar refractivity (Wildman–Crippen MR) is 483 cm³/mol. The molecule has 4 amide bonds. The normalized spacial score (nSPS) is 18.9. The zero-order chi connectivity index (χ0) is 94.0. The summed E-state index contributed by atoms with van der Waals surface area (Å²) in [5, 5.41) is 44.1. The van der Waals surface area contributed by atoms with E-state index < -0.39 is 82.4 Å². The number of Topliss-reactive ketones (excluding diaryl/α,β-unsaturated/α-hetero) is 4. The number of aromatic nitrogens is 1. The maximum atomic E-state index is 13.4. The van der Waals surface area contributed by atoms with Gasteiger partial charge in [0.1, 0.15) is 28.8 Å². The molecule has 7 aliphatic rings. The van der Waals surface area contributed by atoms with Gasteiger partial charge in [-0.15, -0.1) is 0 Å². The molecule has 0 aliphatic carbocycles. The van der Waals surface area contributed by atoms with Gasteiger partial charge in [0, 0.05) is 101 Å². The topological polar surface area (TPSA) is 375 Å². The number of likely N-dealkylation sites (N-methyl/N-ethyl adjacent to an activating group) is 1. The van der Waals surface area contributed by atoms with E-state index >= 15 is 0 Å². The van der Waals surface area contributed by atoms with E-state index in [0.717, 1.165) is 69.9 Å². The van der Waals surface area contributed by atoms with Gasteiger partial charge >= 0.3 is 0 Å². The molecule has 15 rings (SSSR count). The van der Waals surface area contributed by atoms with Crippen LogP contribution in [-0.4, -0.2) is 293 Å². The van der Waals surface area contributed by atoms with Crippen molar-refractivity contribution >= 4 is 58.3 Å². The van der Waals surface area contributed by atoms with Crippen molar-refractivity contribution in [1.29, 1.82) is 0 Å². The molecule has 0 saturated carbocycles. The van der Waals surface area contributed by atoms with Crippen LogP contribution in [0.5, 0.6) is 46.0 Å². The SMILES string of the molecule is CCN(CC)CCCN1C(=O)C(=O)C(=C(O)c2ccc3c(c2)OCO3)C1c1cccnc1.COc1cc(C2C(C(=O)c3ccc(C)o3)=C(O)C(=O)N2CCN(C)C)cc(OC)c1OC.COc1cccc(C2C(=C(O)c3cc(C)ccc3C)C(=O)C(=O)N2CCCN2CCOCC2)c1OC.COc1cccc(C2C(C(=O)c3ccc(C)o3)=C(O)C(=O)N2CCN2CCOCC2)c1.